The number of alkyl halides is 3. The van der Waals surface area contributed by atoms with Gasteiger partial charge in [-0.05, 0) is 61.2 Å². The van der Waals surface area contributed by atoms with Crippen molar-refractivity contribution in [2.24, 2.45) is 0 Å². The van der Waals surface area contributed by atoms with Gasteiger partial charge >= 0.3 is 6.18 Å². The Morgan fingerprint density at radius 1 is 1.20 bits per heavy atom. The van der Waals surface area contributed by atoms with Gasteiger partial charge < -0.3 is 10.1 Å². The van der Waals surface area contributed by atoms with Gasteiger partial charge in [0, 0.05) is 22.9 Å². The van der Waals surface area contributed by atoms with Crippen molar-refractivity contribution in [2.45, 2.75) is 39.5 Å². The molecule has 5 nitrogen and oxygen atoms in total. The smallest absolute Gasteiger partial charge is 0.425 e. The van der Waals surface area contributed by atoms with Crippen molar-refractivity contribution in [2.75, 3.05) is 6.54 Å². The molecule has 0 aliphatic carbocycles. The van der Waals surface area contributed by atoms with Crippen molar-refractivity contribution in [3.8, 4) is 17.0 Å². The molecule has 2 aromatic carbocycles. The number of carbonyl (C=O) groups excluding carboxylic acids is 1. The second kappa shape index (κ2) is 8.69. The molecular formula is C22H22F3N3O2. The lowest BCUT2D eigenvalue weighted by Crippen LogP contribution is -2.31. The van der Waals surface area contributed by atoms with Crippen LogP contribution in [0, 0.1) is 6.92 Å². The molecule has 0 aliphatic rings. The van der Waals surface area contributed by atoms with Gasteiger partial charge in [0.05, 0.1) is 6.20 Å². The molecule has 158 valence electrons. The van der Waals surface area contributed by atoms with Crippen molar-refractivity contribution in [3.63, 3.8) is 0 Å². The molecule has 0 saturated heterocycles. The molecule has 1 aromatic heterocycles. The van der Waals surface area contributed by atoms with Gasteiger partial charge in [-0.2, -0.15) is 18.3 Å². The van der Waals surface area contributed by atoms with E-state index < -0.39 is 12.3 Å². The highest BCUT2D eigenvalue weighted by molar-refractivity contribution is 5.96. The van der Waals surface area contributed by atoms with Crippen molar-refractivity contribution in [3.05, 3.63) is 53.7 Å². The minimum atomic E-state index is -4.50. The number of nitrogens with one attached hydrogen (secondary N) is 1. The first-order chi connectivity index (χ1) is 14.2. The van der Waals surface area contributed by atoms with E-state index in [1.807, 2.05) is 19.9 Å². The van der Waals surface area contributed by atoms with Gasteiger partial charge in [0.25, 0.3) is 5.91 Å². The number of ether oxygens (including phenoxy) is 1. The summed E-state index contributed by atoms with van der Waals surface area (Å²) in [7, 11) is 0. The third kappa shape index (κ3) is 4.69. The first-order valence-corrected chi connectivity index (χ1v) is 9.58. The number of aromatic nitrogens is 2. The fourth-order valence-electron chi connectivity index (χ4n) is 2.97. The third-order valence-electron chi connectivity index (χ3n) is 4.72. The molecule has 0 saturated carbocycles. The molecule has 30 heavy (non-hydrogen) atoms. The summed E-state index contributed by atoms with van der Waals surface area (Å²) in [5.41, 5.74) is 3.17. The largest absolute Gasteiger partial charge is 0.463 e. The summed E-state index contributed by atoms with van der Waals surface area (Å²) < 4.78 is 43.5. The van der Waals surface area contributed by atoms with Crippen LogP contribution in [0.3, 0.4) is 0 Å². The summed E-state index contributed by atoms with van der Waals surface area (Å²) in [5, 5.41) is 11.4. The number of hydrogen-bond acceptors (Lipinski definition) is 4. The molecule has 3 aromatic rings. The molecule has 0 fully saturated rings. The summed E-state index contributed by atoms with van der Waals surface area (Å²) >= 11 is 0. The second-order valence-corrected chi connectivity index (χ2v) is 7.04. The number of fused-ring (bicyclic) bond motifs is 1. The molecule has 0 aliphatic heterocycles. The third-order valence-corrected chi connectivity index (χ3v) is 4.72. The summed E-state index contributed by atoms with van der Waals surface area (Å²) in [6, 6.07) is 10.7. The first kappa shape index (κ1) is 21.5. The molecular weight excluding hydrogens is 395 g/mol. The lowest BCUT2D eigenvalue weighted by molar-refractivity contribution is -0.189. The van der Waals surface area contributed by atoms with Gasteiger partial charge in [0.15, 0.2) is 6.10 Å². The number of halogens is 3. The van der Waals surface area contributed by atoms with Crippen molar-refractivity contribution < 1.29 is 22.7 Å². The van der Waals surface area contributed by atoms with Gasteiger partial charge in [0.2, 0.25) is 5.88 Å². The van der Waals surface area contributed by atoms with Gasteiger partial charge in [-0.1, -0.05) is 19.1 Å². The molecule has 3 rings (SSSR count). The number of aryl methyl sites for hydroxylation is 1. The van der Waals surface area contributed by atoms with E-state index >= 15 is 0 Å². The van der Waals surface area contributed by atoms with E-state index in [9.17, 15) is 18.0 Å². The topological polar surface area (TPSA) is 64.1 Å². The van der Waals surface area contributed by atoms with E-state index in [0.29, 0.717) is 22.9 Å². The lowest BCUT2D eigenvalue weighted by atomic mass is 9.96. The highest BCUT2D eigenvalue weighted by Gasteiger charge is 2.38. The number of carbonyl (C=O) groups is 1. The highest BCUT2D eigenvalue weighted by atomic mass is 19.4. The summed E-state index contributed by atoms with van der Waals surface area (Å²) in [5.74, 6) is -0.324. The van der Waals surface area contributed by atoms with Gasteiger partial charge in [-0.3, -0.25) is 4.79 Å². The number of hydrogen-bond donors (Lipinski definition) is 1. The fraction of sp³-hybridized carbons (Fsp3) is 0.318. The Kier molecular flexibility index (Phi) is 6.24. The number of rotatable bonds is 6. The predicted octanol–water partition coefficient (Wildman–Crippen LogP) is 5.07. The van der Waals surface area contributed by atoms with Crippen LogP contribution in [0.5, 0.6) is 5.88 Å². The van der Waals surface area contributed by atoms with Crippen LogP contribution in [0.15, 0.2) is 42.6 Å². The quantitative estimate of drug-likeness (QED) is 0.608. The maximum absolute atomic E-state index is 12.8. The van der Waals surface area contributed by atoms with E-state index in [-0.39, 0.29) is 11.8 Å². The monoisotopic (exact) mass is 417 g/mol. The SMILES string of the molecule is CCCNC(=O)c1ccc(C)c(-c2ccc3c(OC(C)C(F)(F)F)nncc3c2)c1. The van der Waals surface area contributed by atoms with Crippen molar-refractivity contribution in [1.29, 1.82) is 0 Å². The molecule has 1 unspecified atom stereocenters. The second-order valence-electron chi connectivity index (χ2n) is 7.04. The molecule has 1 N–H and O–H groups in total. The first-order valence-electron chi connectivity index (χ1n) is 9.58. The van der Waals surface area contributed by atoms with Crippen LogP contribution >= 0.6 is 0 Å². The van der Waals surface area contributed by atoms with Gasteiger partial charge in [-0.15, -0.1) is 5.10 Å². The van der Waals surface area contributed by atoms with Crippen LogP contribution in [0.1, 0.15) is 36.2 Å². The standard InChI is InChI=1S/C22H22F3N3O2/c1-4-9-26-20(29)16-6-5-13(2)19(11-16)15-7-8-18-17(10-15)12-27-28-21(18)30-14(3)22(23,24)25/h5-8,10-12,14H,4,9H2,1-3H3,(H,26,29). The Morgan fingerprint density at radius 2 is 1.97 bits per heavy atom. The zero-order valence-corrected chi connectivity index (χ0v) is 16.9. The highest BCUT2D eigenvalue weighted by Crippen LogP contribution is 2.32. The Balaban J connectivity index is 1.97. The average molecular weight is 417 g/mol. The van der Waals surface area contributed by atoms with E-state index in [1.54, 1.807) is 30.3 Å². The van der Waals surface area contributed by atoms with E-state index in [4.69, 9.17) is 4.74 Å². The van der Waals surface area contributed by atoms with E-state index in [0.717, 1.165) is 30.0 Å². The lowest BCUT2D eigenvalue weighted by Gasteiger charge is -2.17. The van der Waals surface area contributed by atoms with Gasteiger partial charge in [0.1, 0.15) is 0 Å². The normalized spacial score (nSPS) is 12.6. The van der Waals surface area contributed by atoms with Crippen LogP contribution in [-0.2, 0) is 0 Å². The molecule has 1 atom stereocenters. The Bertz CT molecular complexity index is 1070. The Morgan fingerprint density at radius 3 is 2.67 bits per heavy atom. The fourth-order valence-corrected chi connectivity index (χ4v) is 2.97. The number of amides is 1. The van der Waals surface area contributed by atoms with Crippen LogP contribution in [0.25, 0.3) is 21.9 Å². The molecule has 0 bridgehead atoms. The molecule has 8 heteroatoms. The van der Waals surface area contributed by atoms with Crippen LogP contribution in [0.4, 0.5) is 13.2 Å². The van der Waals surface area contributed by atoms with E-state index in [2.05, 4.69) is 15.5 Å². The van der Waals surface area contributed by atoms with Crippen LogP contribution in [-0.4, -0.2) is 34.9 Å². The Hall–Kier alpha value is -3.16. The summed E-state index contributed by atoms with van der Waals surface area (Å²) in [6.07, 6.45) is -4.19. The Labute approximate surface area is 172 Å². The maximum atomic E-state index is 12.8. The van der Waals surface area contributed by atoms with Crippen molar-refractivity contribution in [1.82, 2.24) is 15.5 Å². The molecule has 1 amide bonds. The predicted molar refractivity (Wildman–Crippen MR) is 108 cm³/mol. The number of nitrogens with zero attached hydrogens (tertiary/aromatic N) is 2. The molecule has 1 heterocycles. The number of benzene rings is 2. The zero-order chi connectivity index (χ0) is 21.9. The molecule has 0 radical (unpaired) electrons. The zero-order valence-electron chi connectivity index (χ0n) is 16.9. The van der Waals surface area contributed by atoms with Crippen molar-refractivity contribution >= 4 is 16.7 Å². The molecule has 0 spiro atoms. The summed E-state index contributed by atoms with van der Waals surface area (Å²) in [4.78, 5) is 12.3. The minimum Gasteiger partial charge on any atom is -0.463 e. The average Bonchev–Trinajstić information content (AvgIpc) is 2.71. The minimum absolute atomic E-state index is 0.151. The maximum Gasteiger partial charge on any atom is 0.425 e. The van der Waals surface area contributed by atoms with Crippen LogP contribution in [0.2, 0.25) is 0 Å². The van der Waals surface area contributed by atoms with Gasteiger partial charge in [-0.25, -0.2) is 0 Å². The summed E-state index contributed by atoms with van der Waals surface area (Å²) in [6.45, 7) is 5.42. The van der Waals surface area contributed by atoms with E-state index in [1.165, 1.54) is 6.20 Å². The van der Waals surface area contributed by atoms with Crippen LogP contribution < -0.4 is 10.1 Å².